The Hall–Kier alpha value is -1.90. The highest BCUT2D eigenvalue weighted by Gasteiger charge is 2.26. The Morgan fingerprint density at radius 2 is 1.94 bits per heavy atom. The normalized spacial score (nSPS) is 18.8. The van der Waals surface area contributed by atoms with Gasteiger partial charge in [-0.15, -0.1) is 0 Å². The van der Waals surface area contributed by atoms with Crippen molar-refractivity contribution >= 4 is 5.78 Å². The number of carbonyl (C=O) groups is 1. The quantitative estimate of drug-likeness (QED) is 0.768. The third kappa shape index (κ3) is 1.76. The van der Waals surface area contributed by atoms with E-state index in [2.05, 4.69) is 31.1 Å². The highest BCUT2D eigenvalue weighted by molar-refractivity contribution is 5.98. The molecule has 3 rings (SSSR count). The van der Waals surface area contributed by atoms with Gasteiger partial charge >= 0.3 is 0 Å². The first-order chi connectivity index (χ1) is 8.65. The van der Waals surface area contributed by atoms with Crippen molar-refractivity contribution in [3.05, 3.63) is 47.3 Å². The molecule has 92 valence electrons. The van der Waals surface area contributed by atoms with Gasteiger partial charge in [0.15, 0.2) is 5.78 Å². The molecule has 0 saturated heterocycles. The van der Waals surface area contributed by atoms with Crippen LogP contribution in [0, 0.1) is 12.8 Å². The number of hydrogen-bond acceptors (Lipinski definition) is 2. The zero-order chi connectivity index (χ0) is 12.7. The molecule has 0 radical (unpaired) electrons. The summed E-state index contributed by atoms with van der Waals surface area (Å²) in [5.41, 5.74) is 4.12. The van der Waals surface area contributed by atoms with Crippen molar-refractivity contribution in [2.75, 3.05) is 0 Å². The molecule has 0 aliphatic heterocycles. The number of fused-ring (bicyclic) bond motifs is 1. The second-order valence-electron chi connectivity index (χ2n) is 5.19. The minimum atomic E-state index is 0.224. The Balaban J connectivity index is 2.09. The van der Waals surface area contributed by atoms with Crippen LogP contribution in [0.4, 0.5) is 0 Å². The second-order valence-corrected chi connectivity index (χ2v) is 5.19. The maximum Gasteiger partial charge on any atom is 0.166 e. The highest BCUT2D eigenvalue weighted by Crippen LogP contribution is 2.27. The van der Waals surface area contributed by atoms with E-state index in [-0.39, 0.29) is 5.78 Å². The monoisotopic (exact) mass is 240 g/mol. The average Bonchev–Trinajstić information content (AvgIpc) is 2.74. The molecule has 1 aliphatic carbocycles. The lowest BCUT2D eigenvalue weighted by atomic mass is 9.88. The average molecular weight is 240 g/mol. The van der Waals surface area contributed by atoms with Gasteiger partial charge in [0.2, 0.25) is 0 Å². The van der Waals surface area contributed by atoms with Gasteiger partial charge in [-0.2, -0.15) is 5.10 Å². The van der Waals surface area contributed by atoms with E-state index in [0.717, 1.165) is 23.4 Å². The molecule has 0 amide bonds. The van der Waals surface area contributed by atoms with E-state index < -0.39 is 0 Å². The third-order valence-electron chi connectivity index (χ3n) is 3.52. The summed E-state index contributed by atoms with van der Waals surface area (Å²) in [5, 5.41) is 4.38. The van der Waals surface area contributed by atoms with E-state index in [4.69, 9.17) is 0 Å². The molecule has 1 atom stereocenters. The van der Waals surface area contributed by atoms with Crippen molar-refractivity contribution in [1.82, 2.24) is 9.78 Å². The Morgan fingerprint density at radius 3 is 2.67 bits per heavy atom. The number of aryl methyl sites for hydroxylation is 1. The molecular weight excluding hydrogens is 224 g/mol. The van der Waals surface area contributed by atoms with Crippen LogP contribution in [-0.4, -0.2) is 15.6 Å². The summed E-state index contributed by atoms with van der Waals surface area (Å²) in [6, 6.07) is 8.23. The Morgan fingerprint density at radius 1 is 1.22 bits per heavy atom. The summed E-state index contributed by atoms with van der Waals surface area (Å²) in [6.45, 7) is 4.18. The van der Waals surface area contributed by atoms with Crippen LogP contribution in [0.5, 0.6) is 0 Å². The van der Waals surface area contributed by atoms with Crippen LogP contribution in [0.25, 0.3) is 5.69 Å². The molecule has 0 N–H and O–H groups in total. The summed E-state index contributed by atoms with van der Waals surface area (Å²) < 4.78 is 1.91. The van der Waals surface area contributed by atoms with Crippen molar-refractivity contribution in [3.8, 4) is 5.69 Å². The Kier molecular flexibility index (Phi) is 2.54. The molecule has 0 spiro atoms. The van der Waals surface area contributed by atoms with Crippen LogP contribution in [0.3, 0.4) is 0 Å². The first-order valence-electron chi connectivity index (χ1n) is 6.32. The SMILES string of the molecule is Cc1ccc(-n2ncc3c2C[C@@H](C)CC3=O)cc1. The zero-order valence-corrected chi connectivity index (χ0v) is 10.7. The topological polar surface area (TPSA) is 34.9 Å². The van der Waals surface area contributed by atoms with Crippen LogP contribution in [0.1, 0.15) is 35.0 Å². The van der Waals surface area contributed by atoms with E-state index in [1.807, 2.05) is 16.8 Å². The molecule has 1 aromatic carbocycles. The molecule has 1 aromatic heterocycles. The van der Waals surface area contributed by atoms with Crippen LogP contribution < -0.4 is 0 Å². The molecule has 0 bridgehead atoms. The van der Waals surface area contributed by atoms with E-state index in [1.165, 1.54) is 5.56 Å². The summed E-state index contributed by atoms with van der Waals surface area (Å²) in [7, 11) is 0. The molecular formula is C15H16N2O. The molecule has 3 nitrogen and oxygen atoms in total. The van der Waals surface area contributed by atoms with Gasteiger partial charge in [-0.05, 0) is 31.4 Å². The second kappa shape index (κ2) is 4.09. The van der Waals surface area contributed by atoms with Gasteiger partial charge in [-0.25, -0.2) is 4.68 Å². The number of nitrogens with zero attached hydrogens (tertiary/aromatic N) is 2. The van der Waals surface area contributed by atoms with Crippen molar-refractivity contribution in [2.45, 2.75) is 26.7 Å². The predicted octanol–water partition coefficient (Wildman–Crippen LogP) is 2.95. The minimum absolute atomic E-state index is 0.224. The molecule has 2 aromatic rings. The maximum absolute atomic E-state index is 11.9. The van der Waals surface area contributed by atoms with Crippen LogP contribution in [0.15, 0.2) is 30.5 Å². The number of hydrogen-bond donors (Lipinski definition) is 0. The van der Waals surface area contributed by atoms with Crippen molar-refractivity contribution in [3.63, 3.8) is 0 Å². The smallest absolute Gasteiger partial charge is 0.166 e. The highest BCUT2D eigenvalue weighted by atomic mass is 16.1. The number of rotatable bonds is 1. The van der Waals surface area contributed by atoms with Crippen molar-refractivity contribution < 1.29 is 4.79 Å². The van der Waals surface area contributed by atoms with Gasteiger partial charge in [0.25, 0.3) is 0 Å². The van der Waals surface area contributed by atoms with Crippen LogP contribution in [-0.2, 0) is 6.42 Å². The molecule has 0 fully saturated rings. The number of aromatic nitrogens is 2. The first-order valence-corrected chi connectivity index (χ1v) is 6.32. The molecule has 1 heterocycles. The standard InChI is InChI=1S/C15H16N2O/c1-10-3-5-12(6-4-10)17-14-7-11(2)8-15(18)13(14)9-16-17/h3-6,9,11H,7-8H2,1-2H3/t11-/m1/s1. The van der Waals surface area contributed by atoms with Gasteiger partial charge < -0.3 is 0 Å². The largest absolute Gasteiger partial charge is 0.294 e. The molecule has 0 unspecified atom stereocenters. The molecule has 18 heavy (non-hydrogen) atoms. The lowest BCUT2D eigenvalue weighted by Gasteiger charge is -2.18. The van der Waals surface area contributed by atoms with Crippen molar-refractivity contribution in [1.29, 1.82) is 0 Å². The number of Topliss-reactive ketones (excluding diaryl/α,β-unsaturated/α-hetero) is 1. The Bertz CT molecular complexity index is 595. The van der Waals surface area contributed by atoms with Gasteiger partial charge in [0.05, 0.1) is 23.1 Å². The van der Waals surface area contributed by atoms with Gasteiger partial charge in [-0.3, -0.25) is 4.79 Å². The summed E-state index contributed by atoms with van der Waals surface area (Å²) >= 11 is 0. The van der Waals surface area contributed by atoms with Crippen molar-refractivity contribution in [2.24, 2.45) is 5.92 Å². The summed E-state index contributed by atoms with van der Waals surface area (Å²) in [4.78, 5) is 11.9. The van der Waals surface area contributed by atoms with Gasteiger partial charge in [0.1, 0.15) is 0 Å². The number of benzene rings is 1. The van der Waals surface area contributed by atoms with Gasteiger partial charge in [0, 0.05) is 6.42 Å². The van der Waals surface area contributed by atoms with E-state index in [0.29, 0.717) is 12.3 Å². The zero-order valence-electron chi connectivity index (χ0n) is 10.7. The fraction of sp³-hybridized carbons (Fsp3) is 0.333. The van der Waals surface area contributed by atoms with E-state index in [1.54, 1.807) is 6.20 Å². The number of ketones is 1. The van der Waals surface area contributed by atoms with E-state index in [9.17, 15) is 4.79 Å². The molecule has 0 saturated carbocycles. The lowest BCUT2D eigenvalue weighted by Crippen LogP contribution is -2.19. The van der Waals surface area contributed by atoms with Crippen LogP contribution in [0.2, 0.25) is 0 Å². The fourth-order valence-electron chi connectivity index (χ4n) is 2.54. The predicted molar refractivity (Wildman–Crippen MR) is 70.1 cm³/mol. The lowest BCUT2D eigenvalue weighted by molar-refractivity contribution is 0.0952. The molecule has 3 heteroatoms. The number of carbonyl (C=O) groups excluding carboxylic acids is 1. The fourth-order valence-corrected chi connectivity index (χ4v) is 2.54. The summed E-state index contributed by atoms with van der Waals surface area (Å²) in [6.07, 6.45) is 3.28. The minimum Gasteiger partial charge on any atom is -0.294 e. The Labute approximate surface area is 106 Å². The van der Waals surface area contributed by atoms with Crippen LogP contribution >= 0.6 is 0 Å². The summed E-state index contributed by atoms with van der Waals surface area (Å²) in [5.74, 6) is 0.632. The first kappa shape index (κ1) is 11.2. The van der Waals surface area contributed by atoms with Gasteiger partial charge in [-0.1, -0.05) is 24.6 Å². The van der Waals surface area contributed by atoms with E-state index >= 15 is 0 Å². The molecule has 1 aliphatic rings. The maximum atomic E-state index is 11.9. The third-order valence-corrected chi connectivity index (χ3v) is 3.52.